The van der Waals surface area contributed by atoms with E-state index in [-0.39, 0.29) is 17.3 Å². The fourth-order valence-corrected chi connectivity index (χ4v) is 2.35. The Balaban J connectivity index is 1.97. The SMILES string of the molecule is Nc1[nH]ncc1S(=O)(=O)NCCn1ccnc1. The van der Waals surface area contributed by atoms with Gasteiger partial charge >= 0.3 is 0 Å². The van der Waals surface area contributed by atoms with Crippen LogP contribution in [0.15, 0.2) is 29.8 Å². The number of nitrogens with zero attached hydrogens (tertiary/aromatic N) is 3. The largest absolute Gasteiger partial charge is 0.383 e. The maximum atomic E-state index is 11.8. The van der Waals surface area contributed by atoms with E-state index in [0.717, 1.165) is 0 Å². The highest BCUT2D eigenvalue weighted by Crippen LogP contribution is 2.12. The summed E-state index contributed by atoms with van der Waals surface area (Å²) in [6.45, 7) is 0.750. The van der Waals surface area contributed by atoms with Crippen LogP contribution in [0.1, 0.15) is 0 Å². The van der Waals surface area contributed by atoms with Crippen LogP contribution in [0.3, 0.4) is 0 Å². The highest BCUT2D eigenvalue weighted by molar-refractivity contribution is 7.89. The smallest absolute Gasteiger partial charge is 0.245 e. The Morgan fingerprint density at radius 3 is 2.94 bits per heavy atom. The van der Waals surface area contributed by atoms with Crippen LogP contribution in [0, 0.1) is 0 Å². The number of anilines is 1. The normalized spacial score (nSPS) is 11.8. The minimum Gasteiger partial charge on any atom is -0.383 e. The molecular weight excluding hydrogens is 244 g/mol. The predicted molar refractivity (Wildman–Crippen MR) is 60.4 cm³/mol. The quantitative estimate of drug-likeness (QED) is 0.645. The van der Waals surface area contributed by atoms with Gasteiger partial charge in [0.25, 0.3) is 0 Å². The Hall–Kier alpha value is -1.87. The summed E-state index contributed by atoms with van der Waals surface area (Å²) in [4.78, 5) is 3.81. The van der Waals surface area contributed by atoms with Gasteiger partial charge in [0.2, 0.25) is 10.0 Å². The number of hydrogen-bond donors (Lipinski definition) is 3. The first-order chi connectivity index (χ1) is 8.09. The Morgan fingerprint density at radius 1 is 1.53 bits per heavy atom. The second-order valence-corrected chi connectivity index (χ2v) is 5.08. The van der Waals surface area contributed by atoms with Crippen molar-refractivity contribution in [2.24, 2.45) is 0 Å². The van der Waals surface area contributed by atoms with Crippen molar-refractivity contribution >= 4 is 15.8 Å². The molecule has 0 unspecified atom stereocenters. The average Bonchev–Trinajstić information content (AvgIpc) is 2.88. The van der Waals surface area contributed by atoms with Crippen LogP contribution < -0.4 is 10.5 Å². The summed E-state index contributed by atoms with van der Waals surface area (Å²) >= 11 is 0. The lowest BCUT2D eigenvalue weighted by Gasteiger charge is -2.05. The molecule has 0 aliphatic carbocycles. The number of H-pyrrole nitrogens is 1. The predicted octanol–water partition coefficient (Wildman–Crippen LogP) is -0.833. The Kier molecular flexibility index (Phi) is 3.11. The summed E-state index contributed by atoms with van der Waals surface area (Å²) in [5.41, 5.74) is 5.44. The molecule has 0 radical (unpaired) electrons. The second kappa shape index (κ2) is 4.55. The van der Waals surface area contributed by atoms with Crippen molar-refractivity contribution in [1.82, 2.24) is 24.5 Å². The van der Waals surface area contributed by atoms with Crippen LogP contribution in [-0.2, 0) is 16.6 Å². The number of hydrogen-bond acceptors (Lipinski definition) is 5. The van der Waals surface area contributed by atoms with Gasteiger partial charge in [-0.2, -0.15) is 5.10 Å². The van der Waals surface area contributed by atoms with Crippen LogP contribution in [0.4, 0.5) is 5.82 Å². The van der Waals surface area contributed by atoms with Crippen molar-refractivity contribution < 1.29 is 8.42 Å². The number of rotatable bonds is 5. The van der Waals surface area contributed by atoms with Gasteiger partial charge in [-0.1, -0.05) is 0 Å². The molecule has 2 rings (SSSR count). The molecule has 0 saturated heterocycles. The van der Waals surface area contributed by atoms with E-state index in [1.165, 1.54) is 6.20 Å². The van der Waals surface area contributed by atoms with E-state index < -0.39 is 10.0 Å². The molecule has 0 amide bonds. The zero-order valence-electron chi connectivity index (χ0n) is 8.87. The minimum absolute atomic E-state index is 0.0279. The summed E-state index contributed by atoms with van der Waals surface area (Å²) in [6, 6.07) is 0. The van der Waals surface area contributed by atoms with Crippen molar-refractivity contribution in [3.63, 3.8) is 0 Å². The van der Waals surface area contributed by atoms with E-state index in [0.29, 0.717) is 6.54 Å². The first kappa shape index (κ1) is 11.6. The molecule has 0 saturated carbocycles. The number of nitrogens with two attached hydrogens (primary N) is 1. The van der Waals surface area contributed by atoms with Gasteiger partial charge in [-0.05, 0) is 0 Å². The van der Waals surface area contributed by atoms with E-state index in [4.69, 9.17) is 5.73 Å². The van der Waals surface area contributed by atoms with Crippen molar-refractivity contribution in [3.8, 4) is 0 Å². The summed E-state index contributed by atoms with van der Waals surface area (Å²) < 4.78 is 27.7. The van der Waals surface area contributed by atoms with Crippen molar-refractivity contribution in [1.29, 1.82) is 0 Å². The number of nitrogens with one attached hydrogen (secondary N) is 2. The van der Waals surface area contributed by atoms with Crippen LogP contribution >= 0.6 is 0 Å². The number of aromatic amines is 1. The molecule has 0 atom stereocenters. The fraction of sp³-hybridized carbons (Fsp3) is 0.250. The number of nitrogen functional groups attached to an aromatic ring is 1. The molecule has 8 nitrogen and oxygen atoms in total. The van der Waals surface area contributed by atoms with Crippen LogP contribution in [0.2, 0.25) is 0 Å². The van der Waals surface area contributed by atoms with Gasteiger partial charge in [-0.15, -0.1) is 0 Å². The second-order valence-electron chi connectivity index (χ2n) is 3.35. The van der Waals surface area contributed by atoms with E-state index in [1.54, 1.807) is 23.3 Å². The molecule has 4 N–H and O–H groups in total. The summed E-state index contributed by atoms with van der Waals surface area (Å²) in [5, 5.41) is 5.93. The maximum Gasteiger partial charge on any atom is 0.245 e. The molecule has 0 fully saturated rings. The molecule has 92 valence electrons. The molecule has 0 aliphatic heterocycles. The molecule has 0 spiro atoms. The third-order valence-electron chi connectivity index (χ3n) is 2.14. The number of aromatic nitrogens is 4. The zero-order valence-corrected chi connectivity index (χ0v) is 9.68. The van der Waals surface area contributed by atoms with Gasteiger partial charge in [0.05, 0.1) is 12.5 Å². The van der Waals surface area contributed by atoms with E-state index in [2.05, 4.69) is 19.9 Å². The molecule has 0 bridgehead atoms. The average molecular weight is 256 g/mol. The van der Waals surface area contributed by atoms with Gasteiger partial charge < -0.3 is 10.3 Å². The molecule has 9 heteroatoms. The van der Waals surface area contributed by atoms with Crippen LogP contribution in [-0.4, -0.2) is 34.7 Å². The summed E-state index contributed by atoms with van der Waals surface area (Å²) in [5.74, 6) is 0.0279. The summed E-state index contributed by atoms with van der Waals surface area (Å²) in [7, 11) is -3.60. The molecule has 2 aromatic heterocycles. The van der Waals surface area contributed by atoms with Crippen LogP contribution in [0.5, 0.6) is 0 Å². The van der Waals surface area contributed by atoms with Crippen molar-refractivity contribution in [2.75, 3.05) is 12.3 Å². The highest BCUT2D eigenvalue weighted by Gasteiger charge is 2.18. The van der Waals surface area contributed by atoms with Crippen LogP contribution in [0.25, 0.3) is 0 Å². The molecule has 2 aromatic rings. The van der Waals surface area contributed by atoms with Gasteiger partial charge in [-0.25, -0.2) is 18.1 Å². The monoisotopic (exact) mass is 256 g/mol. The van der Waals surface area contributed by atoms with E-state index >= 15 is 0 Å². The van der Waals surface area contributed by atoms with Crippen molar-refractivity contribution in [2.45, 2.75) is 11.4 Å². The third-order valence-corrected chi connectivity index (χ3v) is 3.63. The van der Waals surface area contributed by atoms with Gasteiger partial charge in [0, 0.05) is 25.5 Å². The lowest BCUT2D eigenvalue weighted by Crippen LogP contribution is -2.27. The fourth-order valence-electron chi connectivity index (χ4n) is 1.31. The first-order valence-corrected chi connectivity index (χ1v) is 6.32. The van der Waals surface area contributed by atoms with E-state index in [1.807, 2.05) is 0 Å². The number of imidazole rings is 1. The molecule has 2 heterocycles. The Labute approximate surface area is 97.9 Å². The van der Waals surface area contributed by atoms with E-state index in [9.17, 15) is 8.42 Å². The molecule has 0 aromatic carbocycles. The highest BCUT2D eigenvalue weighted by atomic mass is 32.2. The Bertz CT molecular complexity index is 573. The molecule has 17 heavy (non-hydrogen) atoms. The third kappa shape index (κ3) is 2.63. The molecule has 0 aliphatic rings. The Morgan fingerprint density at radius 2 is 2.35 bits per heavy atom. The topological polar surface area (TPSA) is 119 Å². The van der Waals surface area contributed by atoms with Gasteiger partial charge in [0.1, 0.15) is 10.7 Å². The lowest BCUT2D eigenvalue weighted by molar-refractivity contribution is 0.573. The standard InChI is InChI=1S/C8H12N6O2S/c9-8-7(5-11-13-8)17(15,16)12-2-4-14-3-1-10-6-14/h1,3,5-6,12H,2,4H2,(H3,9,11,13). The zero-order chi connectivity index (χ0) is 12.3. The lowest BCUT2D eigenvalue weighted by atomic mass is 10.6. The number of sulfonamides is 1. The van der Waals surface area contributed by atoms with Gasteiger partial charge in [0.15, 0.2) is 0 Å². The minimum atomic E-state index is -3.60. The molecular formula is C8H12N6O2S. The summed E-state index contributed by atoms with van der Waals surface area (Å²) in [6.07, 6.45) is 6.17. The maximum absolute atomic E-state index is 11.8. The van der Waals surface area contributed by atoms with Gasteiger partial charge in [-0.3, -0.25) is 5.10 Å². The first-order valence-electron chi connectivity index (χ1n) is 4.84. The van der Waals surface area contributed by atoms with Crippen molar-refractivity contribution in [3.05, 3.63) is 24.9 Å².